The van der Waals surface area contributed by atoms with E-state index in [9.17, 15) is 5.11 Å². The molecule has 2 heterocycles. The maximum atomic E-state index is 9.76. The zero-order valence-corrected chi connectivity index (χ0v) is 8.91. The highest BCUT2D eigenvalue weighted by molar-refractivity contribution is 5.21. The summed E-state index contributed by atoms with van der Waals surface area (Å²) in [5, 5.41) is 13.0. The molecule has 1 saturated heterocycles. The predicted octanol–water partition coefficient (Wildman–Crippen LogP) is 0.432. The standard InChI is InChI=1S/C10H17N3O/c1-6-9(12-7(2)13(6)3)10-8(14)4-5-11-10/h8,10-11,14H,4-5H2,1-3H3. The fourth-order valence-electron chi connectivity index (χ4n) is 2.01. The summed E-state index contributed by atoms with van der Waals surface area (Å²) in [5.41, 5.74) is 2.14. The van der Waals surface area contributed by atoms with Gasteiger partial charge in [0.15, 0.2) is 0 Å². The van der Waals surface area contributed by atoms with Crippen molar-refractivity contribution in [1.29, 1.82) is 0 Å². The summed E-state index contributed by atoms with van der Waals surface area (Å²) in [6.45, 7) is 4.90. The highest BCUT2D eigenvalue weighted by Gasteiger charge is 2.29. The average molecular weight is 195 g/mol. The van der Waals surface area contributed by atoms with Crippen LogP contribution in [0, 0.1) is 13.8 Å². The van der Waals surface area contributed by atoms with E-state index in [2.05, 4.69) is 14.9 Å². The van der Waals surface area contributed by atoms with Crippen molar-refractivity contribution in [1.82, 2.24) is 14.9 Å². The van der Waals surface area contributed by atoms with Gasteiger partial charge in [0.25, 0.3) is 0 Å². The monoisotopic (exact) mass is 195 g/mol. The number of rotatable bonds is 1. The van der Waals surface area contributed by atoms with E-state index in [1.165, 1.54) is 0 Å². The predicted molar refractivity (Wildman–Crippen MR) is 54.0 cm³/mol. The Morgan fingerprint density at radius 1 is 1.50 bits per heavy atom. The van der Waals surface area contributed by atoms with Crippen molar-refractivity contribution in [3.05, 3.63) is 17.2 Å². The molecule has 2 unspecified atom stereocenters. The van der Waals surface area contributed by atoms with Gasteiger partial charge in [0, 0.05) is 12.7 Å². The first-order valence-corrected chi connectivity index (χ1v) is 5.02. The first kappa shape index (κ1) is 9.68. The minimum Gasteiger partial charge on any atom is -0.391 e. The number of aliphatic hydroxyl groups excluding tert-OH is 1. The van der Waals surface area contributed by atoms with E-state index in [1.54, 1.807) is 0 Å². The molecule has 0 amide bonds. The lowest BCUT2D eigenvalue weighted by molar-refractivity contribution is 0.158. The lowest BCUT2D eigenvalue weighted by Gasteiger charge is -2.13. The van der Waals surface area contributed by atoms with E-state index in [0.717, 1.165) is 30.2 Å². The summed E-state index contributed by atoms with van der Waals surface area (Å²) in [5.74, 6) is 0.999. The molecule has 0 bridgehead atoms. The third-order valence-electron chi connectivity index (χ3n) is 3.13. The van der Waals surface area contributed by atoms with E-state index < -0.39 is 0 Å². The molecule has 4 heteroatoms. The number of hydrogen-bond acceptors (Lipinski definition) is 3. The van der Waals surface area contributed by atoms with Crippen molar-refractivity contribution in [2.45, 2.75) is 32.4 Å². The van der Waals surface area contributed by atoms with Crippen LogP contribution in [0.3, 0.4) is 0 Å². The van der Waals surface area contributed by atoms with E-state index >= 15 is 0 Å². The fourth-order valence-corrected chi connectivity index (χ4v) is 2.01. The molecule has 1 aromatic heterocycles. The van der Waals surface area contributed by atoms with Gasteiger partial charge >= 0.3 is 0 Å². The third-order valence-corrected chi connectivity index (χ3v) is 3.13. The molecule has 0 aromatic carbocycles. The van der Waals surface area contributed by atoms with Gasteiger partial charge in [-0.15, -0.1) is 0 Å². The minimum atomic E-state index is -0.289. The molecule has 1 aliphatic heterocycles. The lowest BCUT2D eigenvalue weighted by atomic mass is 10.1. The Morgan fingerprint density at radius 2 is 2.21 bits per heavy atom. The Kier molecular flexibility index (Phi) is 2.33. The number of aryl methyl sites for hydroxylation is 1. The number of nitrogens with one attached hydrogen (secondary N) is 1. The number of imidazole rings is 1. The molecule has 0 aliphatic carbocycles. The third kappa shape index (κ3) is 1.35. The molecule has 2 rings (SSSR count). The minimum absolute atomic E-state index is 0.0231. The average Bonchev–Trinajstić information content (AvgIpc) is 2.66. The molecule has 0 radical (unpaired) electrons. The number of aromatic nitrogens is 2. The molecule has 0 saturated carbocycles. The molecule has 2 N–H and O–H groups in total. The van der Waals surface area contributed by atoms with Crippen LogP contribution in [0.2, 0.25) is 0 Å². The first-order chi connectivity index (χ1) is 6.61. The molecule has 14 heavy (non-hydrogen) atoms. The van der Waals surface area contributed by atoms with E-state index in [4.69, 9.17) is 0 Å². The van der Waals surface area contributed by atoms with Crippen LogP contribution >= 0.6 is 0 Å². The van der Waals surface area contributed by atoms with Gasteiger partial charge in [0.1, 0.15) is 5.82 Å². The summed E-state index contributed by atoms with van der Waals surface area (Å²) >= 11 is 0. The first-order valence-electron chi connectivity index (χ1n) is 5.02. The summed E-state index contributed by atoms with van der Waals surface area (Å²) in [4.78, 5) is 4.48. The molecule has 4 nitrogen and oxygen atoms in total. The molecular weight excluding hydrogens is 178 g/mol. The summed E-state index contributed by atoms with van der Waals surface area (Å²) in [7, 11) is 2.00. The number of nitrogens with zero attached hydrogens (tertiary/aromatic N) is 2. The van der Waals surface area contributed by atoms with Crippen LogP contribution in [0.25, 0.3) is 0 Å². The SMILES string of the molecule is Cc1nc(C2NCCC2O)c(C)n1C. The highest BCUT2D eigenvalue weighted by atomic mass is 16.3. The molecule has 1 aliphatic rings. The smallest absolute Gasteiger partial charge is 0.105 e. The maximum absolute atomic E-state index is 9.76. The van der Waals surface area contributed by atoms with Gasteiger partial charge in [-0.05, 0) is 26.8 Å². The van der Waals surface area contributed by atoms with Gasteiger partial charge in [0.2, 0.25) is 0 Å². The zero-order chi connectivity index (χ0) is 10.3. The Bertz CT molecular complexity index is 345. The van der Waals surface area contributed by atoms with Gasteiger partial charge in [-0.3, -0.25) is 0 Å². The van der Waals surface area contributed by atoms with Crippen LogP contribution in [0.5, 0.6) is 0 Å². The van der Waals surface area contributed by atoms with Gasteiger partial charge in [-0.1, -0.05) is 0 Å². The van der Waals surface area contributed by atoms with Crippen LogP contribution < -0.4 is 5.32 Å². The summed E-state index contributed by atoms with van der Waals surface area (Å²) in [6, 6.07) is 0.0231. The van der Waals surface area contributed by atoms with Crippen LogP contribution in [-0.2, 0) is 7.05 Å². The molecule has 1 aromatic rings. The Hall–Kier alpha value is -0.870. The Labute approximate surface area is 84.0 Å². The van der Waals surface area contributed by atoms with Crippen molar-refractivity contribution in [3.8, 4) is 0 Å². The lowest BCUT2D eigenvalue weighted by Crippen LogP contribution is -2.22. The van der Waals surface area contributed by atoms with Crippen molar-refractivity contribution in [2.75, 3.05) is 6.54 Å². The molecular formula is C10H17N3O. The van der Waals surface area contributed by atoms with E-state index in [-0.39, 0.29) is 12.1 Å². The topological polar surface area (TPSA) is 50.1 Å². The second kappa shape index (κ2) is 3.37. The van der Waals surface area contributed by atoms with Crippen molar-refractivity contribution in [2.24, 2.45) is 7.05 Å². The van der Waals surface area contributed by atoms with Crippen LogP contribution in [0.4, 0.5) is 0 Å². The largest absolute Gasteiger partial charge is 0.391 e. The van der Waals surface area contributed by atoms with Crippen LogP contribution in [-0.4, -0.2) is 27.3 Å². The van der Waals surface area contributed by atoms with Gasteiger partial charge in [0.05, 0.1) is 17.8 Å². The fraction of sp³-hybridized carbons (Fsp3) is 0.700. The van der Waals surface area contributed by atoms with Crippen molar-refractivity contribution in [3.63, 3.8) is 0 Å². The molecule has 1 fully saturated rings. The summed E-state index contributed by atoms with van der Waals surface area (Å²) in [6.07, 6.45) is 0.530. The summed E-state index contributed by atoms with van der Waals surface area (Å²) < 4.78 is 2.06. The Morgan fingerprint density at radius 3 is 2.64 bits per heavy atom. The second-order valence-electron chi connectivity index (χ2n) is 3.98. The number of aliphatic hydroxyl groups is 1. The normalized spacial score (nSPS) is 27.1. The molecule has 78 valence electrons. The number of hydrogen-bond donors (Lipinski definition) is 2. The zero-order valence-electron chi connectivity index (χ0n) is 8.91. The second-order valence-corrected chi connectivity index (χ2v) is 3.98. The van der Waals surface area contributed by atoms with Gasteiger partial charge < -0.3 is 15.0 Å². The molecule has 0 spiro atoms. The van der Waals surface area contributed by atoms with E-state index in [1.807, 2.05) is 20.9 Å². The van der Waals surface area contributed by atoms with Gasteiger partial charge in [-0.2, -0.15) is 0 Å². The highest BCUT2D eigenvalue weighted by Crippen LogP contribution is 2.25. The van der Waals surface area contributed by atoms with Crippen molar-refractivity contribution >= 4 is 0 Å². The quantitative estimate of drug-likeness (QED) is 0.683. The maximum Gasteiger partial charge on any atom is 0.105 e. The Balaban J connectivity index is 2.36. The van der Waals surface area contributed by atoms with Crippen LogP contribution in [0.15, 0.2) is 0 Å². The van der Waals surface area contributed by atoms with Gasteiger partial charge in [-0.25, -0.2) is 4.98 Å². The molecule has 2 atom stereocenters. The van der Waals surface area contributed by atoms with Crippen LogP contribution in [0.1, 0.15) is 29.7 Å². The van der Waals surface area contributed by atoms with Crippen molar-refractivity contribution < 1.29 is 5.11 Å². The van der Waals surface area contributed by atoms with E-state index in [0.29, 0.717) is 0 Å².